The van der Waals surface area contributed by atoms with Crippen LogP contribution < -0.4 is 0 Å². The van der Waals surface area contributed by atoms with Crippen molar-refractivity contribution in [2.75, 3.05) is 0 Å². The number of fused-ring (bicyclic) bond motifs is 5. The lowest BCUT2D eigenvalue weighted by Crippen LogP contribution is -1.95. The van der Waals surface area contributed by atoms with E-state index in [1.54, 1.807) is 48.5 Å². The summed E-state index contributed by atoms with van der Waals surface area (Å²) in [6, 6.07) is 28.4. The summed E-state index contributed by atoms with van der Waals surface area (Å²) in [4.78, 5) is 0. The number of aromatic hydroxyl groups is 8. The zero-order valence-corrected chi connectivity index (χ0v) is 24.2. The third kappa shape index (κ3) is 3.77. The number of phenols is 8. The Labute approximate surface area is 264 Å². The van der Waals surface area contributed by atoms with Gasteiger partial charge >= 0.3 is 0 Å². The molecule has 9 nitrogen and oxygen atoms in total. The maximum atomic E-state index is 11.6. The maximum absolute atomic E-state index is 11.6. The molecule has 1 aromatic heterocycles. The average Bonchev–Trinajstić information content (AvgIpc) is 3.48. The van der Waals surface area contributed by atoms with Gasteiger partial charge in [0.05, 0.1) is 0 Å². The fraction of sp³-hybridized carbons (Fsp3) is 0. The average molecular weight is 625 g/mol. The molecule has 0 atom stereocenters. The molecule has 0 aliphatic heterocycles. The van der Waals surface area contributed by atoms with Crippen LogP contribution >= 0.6 is 0 Å². The summed E-state index contributed by atoms with van der Waals surface area (Å²) in [5, 5.41) is 90.2. The van der Waals surface area contributed by atoms with Gasteiger partial charge in [-0.15, -0.1) is 0 Å². The number of phenolic OH excluding ortho intramolecular Hbond substituents is 8. The predicted molar refractivity (Wildman–Crippen MR) is 178 cm³/mol. The molecule has 230 valence electrons. The van der Waals surface area contributed by atoms with Gasteiger partial charge in [-0.05, 0) is 40.5 Å². The Morgan fingerprint density at radius 3 is 1.40 bits per heavy atom. The van der Waals surface area contributed by atoms with E-state index in [9.17, 15) is 40.9 Å². The zero-order chi connectivity index (χ0) is 32.7. The largest absolute Gasteiger partial charge is 0.504 e. The van der Waals surface area contributed by atoms with Crippen molar-refractivity contribution < 1.29 is 45.3 Å². The van der Waals surface area contributed by atoms with Crippen molar-refractivity contribution in [1.82, 2.24) is 0 Å². The molecule has 0 aliphatic rings. The minimum atomic E-state index is -1.03. The first-order chi connectivity index (χ1) is 22.7. The van der Waals surface area contributed by atoms with E-state index >= 15 is 0 Å². The lowest BCUT2D eigenvalue weighted by atomic mass is 9.81. The summed E-state index contributed by atoms with van der Waals surface area (Å²) >= 11 is 0. The van der Waals surface area contributed by atoms with Gasteiger partial charge in [0.2, 0.25) is 23.0 Å². The van der Waals surface area contributed by atoms with Gasteiger partial charge in [0.1, 0.15) is 11.2 Å². The third-order valence-electron chi connectivity index (χ3n) is 8.74. The summed E-state index contributed by atoms with van der Waals surface area (Å²) in [5.41, 5.74) is 3.06. The summed E-state index contributed by atoms with van der Waals surface area (Å²) in [5.74, 6) is -7.46. The number of hydrogen-bond acceptors (Lipinski definition) is 9. The van der Waals surface area contributed by atoms with Crippen LogP contribution in [-0.2, 0) is 0 Å². The number of hydrogen-bond donors (Lipinski definition) is 8. The first-order valence-electron chi connectivity index (χ1n) is 14.5. The van der Waals surface area contributed by atoms with Gasteiger partial charge in [0.15, 0.2) is 23.0 Å². The van der Waals surface area contributed by atoms with Gasteiger partial charge in [0, 0.05) is 43.4 Å². The molecule has 0 unspecified atom stereocenters. The second-order valence-corrected chi connectivity index (χ2v) is 11.3. The highest BCUT2D eigenvalue weighted by Gasteiger charge is 2.33. The summed E-state index contributed by atoms with van der Waals surface area (Å²) in [7, 11) is 0. The van der Waals surface area contributed by atoms with Gasteiger partial charge in [0.25, 0.3) is 0 Å². The van der Waals surface area contributed by atoms with Crippen molar-refractivity contribution in [1.29, 1.82) is 0 Å². The van der Waals surface area contributed by atoms with Gasteiger partial charge in [-0.25, -0.2) is 0 Å². The molecule has 8 aromatic rings. The van der Waals surface area contributed by atoms with Crippen molar-refractivity contribution in [3.05, 3.63) is 97.1 Å². The molecule has 9 heteroatoms. The fourth-order valence-corrected chi connectivity index (χ4v) is 6.63. The first kappa shape index (κ1) is 27.8. The Kier molecular flexibility index (Phi) is 5.84. The summed E-state index contributed by atoms with van der Waals surface area (Å²) in [6.45, 7) is 0. The van der Waals surface area contributed by atoms with Crippen molar-refractivity contribution in [2.24, 2.45) is 0 Å². The minimum absolute atomic E-state index is 0.0146. The molecule has 8 N–H and O–H groups in total. The van der Waals surface area contributed by atoms with Crippen molar-refractivity contribution in [3.8, 4) is 79.4 Å². The molecule has 7 aromatic carbocycles. The molecule has 0 amide bonds. The van der Waals surface area contributed by atoms with Crippen LogP contribution in [0.25, 0.3) is 76.9 Å². The Morgan fingerprint density at radius 2 is 0.809 bits per heavy atom. The molecule has 1 heterocycles. The Bertz CT molecular complexity index is 2520. The second-order valence-electron chi connectivity index (χ2n) is 11.3. The van der Waals surface area contributed by atoms with Gasteiger partial charge < -0.3 is 45.3 Å². The second kappa shape index (κ2) is 9.88. The molecule has 0 bridgehead atoms. The Balaban J connectivity index is 1.66. The minimum Gasteiger partial charge on any atom is -0.504 e. The monoisotopic (exact) mass is 624 g/mol. The smallest absolute Gasteiger partial charge is 0.204 e. The van der Waals surface area contributed by atoms with Crippen molar-refractivity contribution >= 4 is 43.5 Å². The molecule has 0 aliphatic carbocycles. The van der Waals surface area contributed by atoms with Gasteiger partial charge in [-0.2, -0.15) is 0 Å². The summed E-state index contributed by atoms with van der Waals surface area (Å²) in [6.07, 6.45) is 0. The molecule has 8 rings (SSSR count). The quantitative estimate of drug-likeness (QED) is 0.0544. The van der Waals surface area contributed by atoms with Crippen molar-refractivity contribution in [2.45, 2.75) is 0 Å². The molecule has 0 fully saturated rings. The van der Waals surface area contributed by atoms with Gasteiger partial charge in [-0.3, -0.25) is 0 Å². The molecular weight excluding hydrogens is 600 g/mol. The van der Waals surface area contributed by atoms with Crippen LogP contribution in [0.15, 0.2) is 101 Å². The van der Waals surface area contributed by atoms with Crippen LogP contribution in [0.4, 0.5) is 0 Å². The number of furan rings is 1. The highest BCUT2D eigenvalue weighted by atomic mass is 16.4. The Hall–Kier alpha value is -6.74. The van der Waals surface area contributed by atoms with E-state index in [1.165, 1.54) is 0 Å². The van der Waals surface area contributed by atoms with E-state index in [0.29, 0.717) is 33.2 Å². The van der Waals surface area contributed by atoms with E-state index in [-0.39, 0.29) is 32.7 Å². The van der Waals surface area contributed by atoms with E-state index in [1.807, 2.05) is 48.5 Å². The van der Waals surface area contributed by atoms with Crippen LogP contribution in [0.1, 0.15) is 0 Å². The maximum Gasteiger partial charge on any atom is 0.204 e. The lowest BCUT2D eigenvalue weighted by Gasteiger charge is -2.23. The Morgan fingerprint density at radius 1 is 0.340 bits per heavy atom. The lowest BCUT2D eigenvalue weighted by molar-refractivity contribution is 0.350. The molecule has 0 saturated carbocycles. The number of rotatable bonds is 3. The normalized spacial score (nSPS) is 11.7. The molecule has 47 heavy (non-hydrogen) atoms. The van der Waals surface area contributed by atoms with E-state index in [0.717, 1.165) is 10.9 Å². The SMILES string of the molecule is Oc1c(O)c(O)c2c(-c3ccccc3-c3ccccc3)c3c(O)c(O)c(O)c(O)c3c(-c3ccc4oc5ccccc5c4c3)c2c1O. The van der Waals surface area contributed by atoms with Crippen LogP contribution in [0, 0.1) is 0 Å². The number of para-hydroxylation sites is 1. The third-order valence-corrected chi connectivity index (χ3v) is 8.74. The van der Waals surface area contributed by atoms with Crippen LogP contribution in [0.3, 0.4) is 0 Å². The van der Waals surface area contributed by atoms with Gasteiger partial charge in [-0.1, -0.05) is 78.9 Å². The van der Waals surface area contributed by atoms with Crippen LogP contribution in [0.2, 0.25) is 0 Å². The highest BCUT2D eigenvalue weighted by Crippen LogP contribution is 2.62. The molecule has 0 spiro atoms. The zero-order valence-electron chi connectivity index (χ0n) is 24.2. The van der Waals surface area contributed by atoms with Crippen molar-refractivity contribution in [3.63, 3.8) is 0 Å². The van der Waals surface area contributed by atoms with E-state index in [4.69, 9.17) is 4.42 Å². The standard InChI is InChI=1S/C38H24O9/c39-31-27-25(18-14-15-24-22(16-18)20-11-6-7-13-23(20)47-24)28-30(34(42)38(46)36(44)32(28)40)26(29(27)33(41)37(45)35(31)43)21-12-5-4-10-19(21)17-8-2-1-3-9-17/h1-16,39-46H. The topological polar surface area (TPSA) is 175 Å². The van der Waals surface area contributed by atoms with Crippen LogP contribution in [0.5, 0.6) is 46.0 Å². The predicted octanol–water partition coefficient (Wildman–Crippen LogP) is 8.54. The van der Waals surface area contributed by atoms with E-state index < -0.39 is 46.0 Å². The highest BCUT2D eigenvalue weighted by molar-refractivity contribution is 6.30. The summed E-state index contributed by atoms with van der Waals surface area (Å²) < 4.78 is 5.98. The first-order valence-corrected chi connectivity index (χ1v) is 14.5. The van der Waals surface area contributed by atoms with Crippen LogP contribution in [-0.4, -0.2) is 40.9 Å². The molecular formula is C38H24O9. The molecule has 0 saturated heterocycles. The van der Waals surface area contributed by atoms with E-state index in [2.05, 4.69) is 0 Å². The molecule has 0 radical (unpaired) electrons. The fourth-order valence-electron chi connectivity index (χ4n) is 6.63. The number of benzene rings is 7.